The summed E-state index contributed by atoms with van der Waals surface area (Å²) in [5.74, 6) is 1.91. The molecule has 0 bridgehead atoms. The molecular weight excluding hydrogens is 156 g/mol. The molecule has 0 saturated carbocycles. The van der Waals surface area contributed by atoms with Gasteiger partial charge in [0.1, 0.15) is 11.6 Å². The van der Waals surface area contributed by atoms with Crippen LogP contribution in [-0.2, 0) is 9.63 Å². The van der Waals surface area contributed by atoms with Gasteiger partial charge < -0.3 is 4.90 Å². The monoisotopic (exact) mass is 170 g/mol. The van der Waals surface area contributed by atoms with Gasteiger partial charge in [-0.2, -0.15) is 5.06 Å². The number of hydrogen-bond donors (Lipinski definition) is 0. The summed E-state index contributed by atoms with van der Waals surface area (Å²) in [4.78, 5) is 17.6. The van der Waals surface area contributed by atoms with Gasteiger partial charge >= 0.3 is 0 Å². The van der Waals surface area contributed by atoms with Crippen molar-refractivity contribution < 1.29 is 9.63 Å². The van der Waals surface area contributed by atoms with E-state index in [2.05, 4.69) is 0 Å². The predicted molar refractivity (Wildman–Crippen MR) is 45.0 cm³/mol. The second kappa shape index (κ2) is 4.26. The van der Waals surface area contributed by atoms with Gasteiger partial charge in [-0.25, -0.2) is 4.79 Å². The maximum Gasteiger partial charge on any atom is 0.147 e. The van der Waals surface area contributed by atoms with Crippen LogP contribution in [0.1, 0.15) is 6.92 Å². The van der Waals surface area contributed by atoms with E-state index in [4.69, 9.17) is 4.84 Å². The summed E-state index contributed by atoms with van der Waals surface area (Å²) >= 11 is 0. The molecule has 0 unspecified atom stereocenters. The molecule has 0 aromatic rings. The molecule has 0 radical (unpaired) electrons. The molecule has 0 N–H and O–H groups in total. The van der Waals surface area contributed by atoms with Crippen LogP contribution in [0.25, 0.3) is 0 Å². The highest BCUT2D eigenvalue weighted by molar-refractivity contribution is 5.52. The van der Waals surface area contributed by atoms with Gasteiger partial charge in [-0.3, -0.25) is 4.84 Å². The first-order valence-corrected chi connectivity index (χ1v) is 4.11. The summed E-state index contributed by atoms with van der Waals surface area (Å²) in [6.07, 6.45) is 0. The van der Waals surface area contributed by atoms with Crippen molar-refractivity contribution in [3.8, 4) is 0 Å². The van der Waals surface area contributed by atoms with Crippen molar-refractivity contribution in [2.75, 3.05) is 33.3 Å². The summed E-state index contributed by atoms with van der Waals surface area (Å²) in [5, 5.41) is 1.79. The predicted octanol–water partition coefficient (Wildman–Crippen LogP) is -0.0992. The SMILES string of the molecule is CCON1CCN(C)C(=C=O)C1. The van der Waals surface area contributed by atoms with Crippen molar-refractivity contribution >= 4 is 5.94 Å². The van der Waals surface area contributed by atoms with Gasteiger partial charge in [-0.05, 0) is 6.92 Å². The van der Waals surface area contributed by atoms with Crippen molar-refractivity contribution in [2.45, 2.75) is 6.92 Å². The zero-order chi connectivity index (χ0) is 8.97. The molecule has 4 nitrogen and oxygen atoms in total. The maximum atomic E-state index is 10.4. The Morgan fingerprint density at radius 1 is 1.58 bits per heavy atom. The number of nitrogens with zero attached hydrogens (tertiary/aromatic N) is 2. The van der Waals surface area contributed by atoms with E-state index in [1.165, 1.54) is 0 Å². The lowest BCUT2D eigenvalue weighted by Crippen LogP contribution is -2.43. The Morgan fingerprint density at radius 2 is 2.33 bits per heavy atom. The Bertz CT molecular complexity index is 199. The highest BCUT2D eigenvalue weighted by Crippen LogP contribution is 2.07. The molecule has 0 aliphatic carbocycles. The van der Waals surface area contributed by atoms with Gasteiger partial charge in [0.05, 0.1) is 13.2 Å². The standard InChI is InChI=1S/C8H14N2O2/c1-3-12-10-5-4-9(2)8(6-10)7-11/h3-6H2,1-2H3. The minimum Gasteiger partial charge on any atom is -0.366 e. The molecule has 1 rings (SSSR count). The van der Waals surface area contributed by atoms with Crippen LogP contribution in [0.4, 0.5) is 0 Å². The van der Waals surface area contributed by atoms with E-state index in [1.807, 2.05) is 24.8 Å². The lowest BCUT2D eigenvalue weighted by Gasteiger charge is -2.32. The van der Waals surface area contributed by atoms with Gasteiger partial charge in [0, 0.05) is 20.1 Å². The highest BCUT2D eigenvalue weighted by atomic mass is 16.7. The van der Waals surface area contributed by atoms with Crippen LogP contribution in [0.2, 0.25) is 0 Å². The van der Waals surface area contributed by atoms with Gasteiger partial charge in [0.2, 0.25) is 0 Å². The zero-order valence-electron chi connectivity index (χ0n) is 7.54. The van der Waals surface area contributed by atoms with E-state index in [1.54, 1.807) is 5.06 Å². The number of rotatable bonds is 2. The maximum absolute atomic E-state index is 10.4. The lowest BCUT2D eigenvalue weighted by atomic mass is 10.3. The number of likely N-dealkylation sites (N-methyl/N-ethyl adjacent to an activating group) is 1. The minimum atomic E-state index is 0.549. The fourth-order valence-corrected chi connectivity index (χ4v) is 1.17. The molecule has 0 spiro atoms. The molecule has 4 heteroatoms. The fourth-order valence-electron chi connectivity index (χ4n) is 1.17. The first kappa shape index (κ1) is 9.26. The average Bonchev–Trinajstić information content (AvgIpc) is 2.09. The Balaban J connectivity index is 2.50. The quantitative estimate of drug-likeness (QED) is 0.542. The van der Waals surface area contributed by atoms with Crippen molar-refractivity contribution in [3.63, 3.8) is 0 Å². The van der Waals surface area contributed by atoms with Crippen LogP contribution in [0.3, 0.4) is 0 Å². The Morgan fingerprint density at radius 3 is 2.92 bits per heavy atom. The van der Waals surface area contributed by atoms with Crippen LogP contribution in [0, 0.1) is 0 Å². The third-order valence-electron chi connectivity index (χ3n) is 1.90. The Kier molecular flexibility index (Phi) is 3.29. The summed E-state index contributed by atoms with van der Waals surface area (Å²) in [5.41, 5.74) is 0.662. The zero-order valence-corrected chi connectivity index (χ0v) is 7.54. The largest absolute Gasteiger partial charge is 0.366 e. The van der Waals surface area contributed by atoms with Crippen molar-refractivity contribution in [1.29, 1.82) is 0 Å². The van der Waals surface area contributed by atoms with E-state index >= 15 is 0 Å². The van der Waals surface area contributed by atoms with Crippen LogP contribution >= 0.6 is 0 Å². The Labute approximate surface area is 72.3 Å². The van der Waals surface area contributed by atoms with E-state index in [9.17, 15) is 4.79 Å². The smallest absolute Gasteiger partial charge is 0.147 e. The van der Waals surface area contributed by atoms with Crippen LogP contribution in [0.5, 0.6) is 0 Å². The van der Waals surface area contributed by atoms with E-state index in [0.29, 0.717) is 18.8 Å². The summed E-state index contributed by atoms with van der Waals surface area (Å²) < 4.78 is 0. The molecule has 1 saturated heterocycles. The molecule has 1 fully saturated rings. The van der Waals surface area contributed by atoms with Crippen LogP contribution < -0.4 is 0 Å². The number of hydrogen-bond acceptors (Lipinski definition) is 4. The Hall–Kier alpha value is -0.830. The summed E-state index contributed by atoms with van der Waals surface area (Å²) in [7, 11) is 1.89. The normalized spacial score (nSPS) is 19.5. The van der Waals surface area contributed by atoms with Gasteiger partial charge in [0.25, 0.3) is 0 Å². The number of piperazine rings is 1. The molecule has 0 aromatic heterocycles. The highest BCUT2D eigenvalue weighted by Gasteiger charge is 2.18. The average molecular weight is 170 g/mol. The van der Waals surface area contributed by atoms with Crippen molar-refractivity contribution in [1.82, 2.24) is 9.96 Å². The molecular formula is C8H14N2O2. The third-order valence-corrected chi connectivity index (χ3v) is 1.90. The molecule has 0 atom stereocenters. The number of carbonyl (C=O) groups excluding carboxylic acids is 1. The van der Waals surface area contributed by atoms with E-state index in [-0.39, 0.29) is 0 Å². The van der Waals surface area contributed by atoms with Crippen molar-refractivity contribution in [2.24, 2.45) is 0 Å². The van der Waals surface area contributed by atoms with E-state index < -0.39 is 0 Å². The number of hydroxylamine groups is 2. The summed E-state index contributed by atoms with van der Waals surface area (Å²) in [6, 6.07) is 0. The first-order chi connectivity index (χ1) is 5.77. The second-order valence-corrected chi connectivity index (χ2v) is 2.75. The third kappa shape index (κ3) is 2.08. The molecule has 12 heavy (non-hydrogen) atoms. The molecule has 68 valence electrons. The van der Waals surface area contributed by atoms with Crippen molar-refractivity contribution in [3.05, 3.63) is 5.70 Å². The van der Waals surface area contributed by atoms with E-state index in [0.717, 1.165) is 13.1 Å². The first-order valence-electron chi connectivity index (χ1n) is 4.11. The van der Waals surface area contributed by atoms with Crippen LogP contribution in [-0.4, -0.2) is 49.2 Å². The molecule has 1 aliphatic rings. The molecule has 0 aromatic carbocycles. The van der Waals surface area contributed by atoms with Crippen LogP contribution in [0.15, 0.2) is 5.70 Å². The molecule has 1 aliphatic heterocycles. The second-order valence-electron chi connectivity index (χ2n) is 2.75. The van der Waals surface area contributed by atoms with Gasteiger partial charge in [-0.1, -0.05) is 0 Å². The topological polar surface area (TPSA) is 32.8 Å². The molecule has 0 amide bonds. The van der Waals surface area contributed by atoms with Gasteiger partial charge in [-0.15, -0.1) is 0 Å². The minimum absolute atomic E-state index is 0.549. The van der Waals surface area contributed by atoms with Gasteiger partial charge in [0.15, 0.2) is 0 Å². The fraction of sp³-hybridized carbons (Fsp3) is 0.750. The molecule has 1 heterocycles. The summed E-state index contributed by atoms with van der Waals surface area (Å²) in [6.45, 7) is 4.80. The lowest BCUT2D eigenvalue weighted by molar-refractivity contribution is -0.161.